The van der Waals surface area contributed by atoms with Crippen LogP contribution < -0.4 is 5.32 Å². The summed E-state index contributed by atoms with van der Waals surface area (Å²) in [6, 6.07) is 4.33. The molecule has 1 aromatic rings. The van der Waals surface area contributed by atoms with Crippen molar-refractivity contribution < 1.29 is 4.79 Å². The molecule has 0 spiro atoms. The van der Waals surface area contributed by atoms with Crippen LogP contribution in [0.3, 0.4) is 0 Å². The predicted molar refractivity (Wildman–Crippen MR) is 59.7 cm³/mol. The lowest BCUT2D eigenvalue weighted by molar-refractivity contribution is 0.196. The van der Waals surface area contributed by atoms with E-state index in [-0.39, 0.29) is 12.1 Å². The van der Waals surface area contributed by atoms with Gasteiger partial charge in [-0.2, -0.15) is 0 Å². The Morgan fingerprint density at radius 2 is 2.43 bits per heavy atom. The van der Waals surface area contributed by atoms with Crippen molar-refractivity contribution in [3.05, 3.63) is 22.4 Å². The number of carbonyl (C=O) groups excluding carboxylic acids is 1. The summed E-state index contributed by atoms with van der Waals surface area (Å²) >= 11 is 1.73. The van der Waals surface area contributed by atoms with Gasteiger partial charge in [-0.15, -0.1) is 11.3 Å². The van der Waals surface area contributed by atoms with Gasteiger partial charge in [0.25, 0.3) is 0 Å². The lowest BCUT2D eigenvalue weighted by Crippen LogP contribution is -2.41. The van der Waals surface area contributed by atoms with Crippen LogP contribution in [0, 0.1) is 0 Å². The van der Waals surface area contributed by atoms with Crippen LogP contribution in [0.1, 0.15) is 11.8 Å². The van der Waals surface area contributed by atoms with Gasteiger partial charge >= 0.3 is 6.03 Å². The van der Waals surface area contributed by atoms with E-state index in [0.29, 0.717) is 0 Å². The topological polar surface area (TPSA) is 32.3 Å². The van der Waals surface area contributed by atoms with E-state index in [1.54, 1.807) is 23.3 Å². The van der Waals surface area contributed by atoms with Crippen LogP contribution in [0.2, 0.25) is 0 Å². The molecular formula is C10H16N2OS. The third kappa shape index (κ3) is 2.73. The number of rotatable bonds is 3. The van der Waals surface area contributed by atoms with Gasteiger partial charge in [0.15, 0.2) is 0 Å². The highest BCUT2D eigenvalue weighted by molar-refractivity contribution is 7.09. The zero-order valence-corrected chi connectivity index (χ0v) is 9.60. The van der Waals surface area contributed by atoms with Gasteiger partial charge < -0.3 is 10.2 Å². The normalized spacial score (nSPS) is 12.2. The van der Waals surface area contributed by atoms with Crippen molar-refractivity contribution in [1.82, 2.24) is 10.2 Å². The number of urea groups is 1. The number of carbonyl (C=O) groups is 1. The highest BCUT2D eigenvalue weighted by atomic mass is 32.1. The standard InChI is InChI=1S/C10H16N2OS/c1-8(12(3)10(13)11-2)7-9-5-4-6-14-9/h4-6,8H,7H2,1-3H3,(H,11,13). The first kappa shape index (κ1) is 11.0. The number of thiophene rings is 1. The smallest absolute Gasteiger partial charge is 0.317 e. The molecule has 0 aliphatic heterocycles. The van der Waals surface area contributed by atoms with Crippen molar-refractivity contribution in [3.63, 3.8) is 0 Å². The second kappa shape index (κ2) is 5.00. The summed E-state index contributed by atoms with van der Waals surface area (Å²) < 4.78 is 0. The third-order valence-corrected chi connectivity index (χ3v) is 3.17. The SMILES string of the molecule is CNC(=O)N(C)C(C)Cc1cccs1. The molecule has 0 saturated carbocycles. The molecule has 0 aliphatic rings. The number of nitrogens with one attached hydrogen (secondary N) is 1. The van der Waals surface area contributed by atoms with E-state index in [2.05, 4.69) is 23.7 Å². The van der Waals surface area contributed by atoms with Gasteiger partial charge in [-0.25, -0.2) is 4.79 Å². The Bertz CT molecular complexity index is 284. The Labute approximate surface area is 88.7 Å². The van der Waals surface area contributed by atoms with Crippen LogP contribution in [-0.2, 0) is 6.42 Å². The van der Waals surface area contributed by atoms with Crippen LogP contribution in [-0.4, -0.2) is 31.1 Å². The maximum absolute atomic E-state index is 11.3. The summed E-state index contributed by atoms with van der Waals surface area (Å²) in [6.07, 6.45) is 0.918. The lowest BCUT2D eigenvalue weighted by Gasteiger charge is -2.23. The van der Waals surface area contributed by atoms with Gasteiger partial charge in [-0.05, 0) is 18.4 Å². The fourth-order valence-corrected chi connectivity index (χ4v) is 2.06. The Balaban J connectivity index is 2.49. The predicted octanol–water partition coefficient (Wildman–Crippen LogP) is 1.95. The first-order chi connectivity index (χ1) is 6.65. The minimum Gasteiger partial charge on any atom is -0.341 e. The fraction of sp³-hybridized carbons (Fsp3) is 0.500. The molecule has 0 bridgehead atoms. The molecule has 1 atom stereocenters. The quantitative estimate of drug-likeness (QED) is 0.816. The number of hydrogen-bond donors (Lipinski definition) is 1. The monoisotopic (exact) mass is 212 g/mol. The van der Waals surface area contributed by atoms with Crippen molar-refractivity contribution in [2.75, 3.05) is 14.1 Å². The molecule has 1 aromatic heterocycles. The highest BCUT2D eigenvalue weighted by Gasteiger charge is 2.14. The average Bonchev–Trinajstić information content (AvgIpc) is 2.68. The molecular weight excluding hydrogens is 196 g/mol. The zero-order valence-electron chi connectivity index (χ0n) is 8.78. The molecule has 1 rings (SSSR count). The van der Waals surface area contributed by atoms with Crippen molar-refractivity contribution in [3.8, 4) is 0 Å². The van der Waals surface area contributed by atoms with Crippen LogP contribution in [0.15, 0.2) is 17.5 Å². The summed E-state index contributed by atoms with van der Waals surface area (Å²) in [6.45, 7) is 2.05. The Morgan fingerprint density at radius 3 is 2.93 bits per heavy atom. The molecule has 4 heteroatoms. The van der Waals surface area contributed by atoms with Gasteiger partial charge in [0.1, 0.15) is 0 Å². The molecule has 3 nitrogen and oxygen atoms in total. The molecule has 1 unspecified atom stereocenters. The maximum atomic E-state index is 11.3. The number of hydrogen-bond acceptors (Lipinski definition) is 2. The summed E-state index contributed by atoms with van der Waals surface area (Å²) in [4.78, 5) is 14.3. The van der Waals surface area contributed by atoms with E-state index in [0.717, 1.165) is 6.42 Å². The zero-order chi connectivity index (χ0) is 10.6. The van der Waals surface area contributed by atoms with E-state index in [4.69, 9.17) is 0 Å². The molecule has 1 N–H and O–H groups in total. The number of likely N-dealkylation sites (N-methyl/N-ethyl adjacent to an activating group) is 1. The van der Waals surface area contributed by atoms with E-state index >= 15 is 0 Å². The lowest BCUT2D eigenvalue weighted by atomic mass is 10.2. The maximum Gasteiger partial charge on any atom is 0.317 e. The molecule has 78 valence electrons. The summed E-state index contributed by atoms with van der Waals surface area (Å²) in [5.41, 5.74) is 0. The molecule has 0 radical (unpaired) electrons. The Hall–Kier alpha value is -1.03. The van der Waals surface area contributed by atoms with Gasteiger partial charge in [0.2, 0.25) is 0 Å². The third-order valence-electron chi connectivity index (χ3n) is 2.27. The first-order valence-electron chi connectivity index (χ1n) is 4.62. The number of amides is 2. The minimum absolute atomic E-state index is 0.0333. The van der Waals surface area contributed by atoms with Crippen molar-refractivity contribution in [2.24, 2.45) is 0 Å². The summed E-state index contributed by atoms with van der Waals surface area (Å²) in [5, 5.41) is 4.67. The van der Waals surface area contributed by atoms with E-state index in [9.17, 15) is 4.79 Å². The average molecular weight is 212 g/mol. The van der Waals surface area contributed by atoms with Crippen molar-refractivity contribution in [2.45, 2.75) is 19.4 Å². The Kier molecular flexibility index (Phi) is 3.95. The van der Waals surface area contributed by atoms with Gasteiger partial charge in [0.05, 0.1) is 0 Å². The second-order valence-electron chi connectivity index (χ2n) is 3.30. The van der Waals surface area contributed by atoms with E-state index in [1.165, 1.54) is 4.88 Å². The highest BCUT2D eigenvalue weighted by Crippen LogP contribution is 2.13. The Morgan fingerprint density at radius 1 is 1.71 bits per heavy atom. The summed E-state index contributed by atoms with van der Waals surface area (Å²) in [7, 11) is 3.47. The first-order valence-corrected chi connectivity index (χ1v) is 5.50. The molecule has 1 heterocycles. The van der Waals surface area contributed by atoms with Crippen molar-refractivity contribution >= 4 is 17.4 Å². The number of nitrogens with zero attached hydrogens (tertiary/aromatic N) is 1. The molecule has 14 heavy (non-hydrogen) atoms. The van der Waals surface area contributed by atoms with Crippen LogP contribution >= 0.6 is 11.3 Å². The van der Waals surface area contributed by atoms with Gasteiger partial charge in [-0.1, -0.05) is 6.07 Å². The second-order valence-corrected chi connectivity index (χ2v) is 4.33. The molecule has 0 fully saturated rings. The fourth-order valence-electron chi connectivity index (χ4n) is 1.23. The molecule has 0 aliphatic carbocycles. The van der Waals surface area contributed by atoms with Crippen LogP contribution in [0.5, 0.6) is 0 Å². The van der Waals surface area contributed by atoms with Gasteiger partial charge in [0, 0.05) is 31.4 Å². The molecule has 0 saturated heterocycles. The van der Waals surface area contributed by atoms with Gasteiger partial charge in [-0.3, -0.25) is 0 Å². The van der Waals surface area contributed by atoms with E-state index in [1.807, 2.05) is 13.1 Å². The van der Waals surface area contributed by atoms with Crippen molar-refractivity contribution in [1.29, 1.82) is 0 Å². The summed E-state index contributed by atoms with van der Waals surface area (Å²) in [5.74, 6) is 0. The van der Waals surface area contributed by atoms with Crippen LogP contribution in [0.4, 0.5) is 4.79 Å². The molecule has 0 aromatic carbocycles. The van der Waals surface area contributed by atoms with Crippen LogP contribution in [0.25, 0.3) is 0 Å². The van der Waals surface area contributed by atoms with E-state index < -0.39 is 0 Å². The molecule has 2 amide bonds. The largest absolute Gasteiger partial charge is 0.341 e. The minimum atomic E-state index is -0.0333.